The van der Waals surface area contributed by atoms with Crippen LogP contribution in [0.15, 0.2) is 6.07 Å². The summed E-state index contributed by atoms with van der Waals surface area (Å²) in [7, 11) is -2.51. The van der Waals surface area contributed by atoms with Crippen LogP contribution in [-0.2, 0) is 17.7 Å². The van der Waals surface area contributed by atoms with Gasteiger partial charge in [-0.3, -0.25) is 9.11 Å². The predicted molar refractivity (Wildman–Crippen MR) is 115 cm³/mol. The number of nitrogen functional groups attached to an aromatic ring is 1. The van der Waals surface area contributed by atoms with Crippen molar-refractivity contribution in [3.63, 3.8) is 0 Å². The van der Waals surface area contributed by atoms with E-state index in [1.165, 1.54) is 0 Å². The van der Waals surface area contributed by atoms with Gasteiger partial charge in [0, 0.05) is 38.4 Å². The SMILES string of the molecule is CCCCc1nc2c(N)nc(C)cc2n1CCOCCCN1CCCS1(O)O. The average molecular weight is 412 g/mol. The Morgan fingerprint density at radius 3 is 2.75 bits per heavy atom. The van der Waals surface area contributed by atoms with Crippen molar-refractivity contribution in [3.05, 3.63) is 17.6 Å². The second-order valence-corrected chi connectivity index (χ2v) is 9.57. The summed E-state index contributed by atoms with van der Waals surface area (Å²) in [6.45, 7) is 7.45. The average Bonchev–Trinajstić information content (AvgIpc) is 3.16. The number of pyridine rings is 1. The number of ether oxygens (including phenoxy) is 1. The number of unbranched alkanes of at least 4 members (excludes halogenated alkanes) is 1. The van der Waals surface area contributed by atoms with E-state index >= 15 is 0 Å². The van der Waals surface area contributed by atoms with E-state index < -0.39 is 10.8 Å². The summed E-state index contributed by atoms with van der Waals surface area (Å²) in [6.07, 6.45) is 4.76. The maximum Gasteiger partial charge on any atom is 0.151 e. The van der Waals surface area contributed by atoms with Gasteiger partial charge in [-0.15, -0.1) is 10.8 Å². The summed E-state index contributed by atoms with van der Waals surface area (Å²) in [5.41, 5.74) is 8.76. The Kier molecular flexibility index (Phi) is 7.16. The minimum atomic E-state index is -2.51. The van der Waals surface area contributed by atoms with E-state index in [1.807, 2.05) is 13.0 Å². The van der Waals surface area contributed by atoms with Crippen LogP contribution in [0.5, 0.6) is 0 Å². The molecule has 0 amide bonds. The van der Waals surface area contributed by atoms with Crippen LogP contribution >= 0.6 is 10.8 Å². The highest BCUT2D eigenvalue weighted by atomic mass is 32.3. The van der Waals surface area contributed by atoms with Crippen molar-refractivity contribution < 1.29 is 13.8 Å². The number of aromatic nitrogens is 3. The maximum absolute atomic E-state index is 9.93. The van der Waals surface area contributed by atoms with Gasteiger partial charge in [0.2, 0.25) is 0 Å². The van der Waals surface area contributed by atoms with Crippen molar-refractivity contribution in [2.45, 2.75) is 52.5 Å². The molecule has 2 aromatic heterocycles. The molecular formula is C19H33N5O3S. The summed E-state index contributed by atoms with van der Waals surface area (Å²) in [4.78, 5) is 9.07. The molecule has 3 heterocycles. The molecule has 0 aliphatic carbocycles. The third-order valence-corrected chi connectivity index (χ3v) is 7.15. The van der Waals surface area contributed by atoms with Gasteiger partial charge in [-0.05, 0) is 32.3 Å². The van der Waals surface area contributed by atoms with Crippen LogP contribution in [0.25, 0.3) is 11.0 Å². The van der Waals surface area contributed by atoms with Gasteiger partial charge in [-0.25, -0.2) is 14.3 Å². The Hall–Kier alpha value is -1.39. The molecule has 0 aromatic carbocycles. The highest BCUT2D eigenvalue weighted by Gasteiger charge is 2.27. The van der Waals surface area contributed by atoms with Gasteiger partial charge in [-0.2, -0.15) is 0 Å². The molecule has 3 rings (SSSR count). The molecule has 0 radical (unpaired) electrons. The predicted octanol–water partition coefficient (Wildman–Crippen LogP) is 3.44. The Labute approximate surface area is 168 Å². The number of nitrogens with two attached hydrogens (primary N) is 1. The first-order valence-corrected chi connectivity index (χ1v) is 11.8. The highest BCUT2D eigenvalue weighted by molar-refractivity contribution is 8.22. The lowest BCUT2D eigenvalue weighted by Crippen LogP contribution is -2.24. The highest BCUT2D eigenvalue weighted by Crippen LogP contribution is 2.48. The molecular weight excluding hydrogens is 378 g/mol. The van der Waals surface area contributed by atoms with Crippen molar-refractivity contribution in [2.24, 2.45) is 0 Å². The Bertz CT molecular complexity index is 795. The van der Waals surface area contributed by atoms with Crippen molar-refractivity contribution in [3.8, 4) is 0 Å². The number of aryl methyl sites for hydroxylation is 2. The molecule has 8 nitrogen and oxygen atoms in total. The van der Waals surface area contributed by atoms with E-state index in [1.54, 1.807) is 4.31 Å². The lowest BCUT2D eigenvalue weighted by Gasteiger charge is -2.36. The van der Waals surface area contributed by atoms with Gasteiger partial charge in [0.05, 0.1) is 17.9 Å². The summed E-state index contributed by atoms with van der Waals surface area (Å²) in [6, 6.07) is 2.03. The third-order valence-electron chi connectivity index (χ3n) is 5.12. The molecule has 1 aliphatic rings. The van der Waals surface area contributed by atoms with Crippen LogP contribution < -0.4 is 5.73 Å². The van der Waals surface area contributed by atoms with Crippen LogP contribution in [0.3, 0.4) is 0 Å². The molecule has 4 N–H and O–H groups in total. The lowest BCUT2D eigenvalue weighted by molar-refractivity contribution is 0.120. The van der Waals surface area contributed by atoms with Gasteiger partial charge >= 0.3 is 0 Å². The minimum absolute atomic E-state index is 0.483. The molecule has 9 heteroatoms. The van der Waals surface area contributed by atoms with E-state index in [0.717, 1.165) is 67.7 Å². The van der Waals surface area contributed by atoms with Crippen molar-refractivity contribution >= 4 is 27.6 Å². The fourth-order valence-electron chi connectivity index (χ4n) is 3.67. The second-order valence-electron chi connectivity index (χ2n) is 7.38. The van der Waals surface area contributed by atoms with Gasteiger partial charge in [-0.1, -0.05) is 13.3 Å². The zero-order valence-electron chi connectivity index (χ0n) is 16.9. The fourth-order valence-corrected chi connectivity index (χ4v) is 5.28. The topological polar surface area (TPSA) is 110 Å². The van der Waals surface area contributed by atoms with Crippen LogP contribution in [-0.4, -0.2) is 60.0 Å². The van der Waals surface area contributed by atoms with E-state index in [9.17, 15) is 9.11 Å². The molecule has 0 atom stereocenters. The summed E-state index contributed by atoms with van der Waals surface area (Å²) in [5.74, 6) is 2.02. The monoisotopic (exact) mass is 411 g/mol. The zero-order valence-corrected chi connectivity index (χ0v) is 17.7. The number of rotatable bonds is 10. The summed E-state index contributed by atoms with van der Waals surface area (Å²) < 4.78 is 29.7. The number of imidazole rings is 1. The number of hydrogen-bond acceptors (Lipinski definition) is 7. The molecule has 158 valence electrons. The standard InChI is InChI=1S/C19H33N5O3S/c1-3-4-7-17-22-18-16(14-15(2)21-19(18)20)24(17)10-12-27-11-5-8-23-9-6-13-28(23,25)26/h14,25-26H,3-13H2,1-2H3,(H2,20,21). The van der Waals surface area contributed by atoms with Gasteiger partial charge in [0.25, 0.3) is 0 Å². The summed E-state index contributed by atoms with van der Waals surface area (Å²) >= 11 is 0. The number of nitrogens with zero attached hydrogens (tertiary/aromatic N) is 4. The number of anilines is 1. The lowest BCUT2D eigenvalue weighted by atomic mass is 10.2. The molecule has 0 bridgehead atoms. The molecule has 1 fully saturated rings. The van der Waals surface area contributed by atoms with E-state index in [-0.39, 0.29) is 0 Å². The molecule has 2 aromatic rings. The van der Waals surface area contributed by atoms with Crippen molar-refractivity contribution in [1.29, 1.82) is 0 Å². The van der Waals surface area contributed by atoms with Gasteiger partial charge in [0.1, 0.15) is 11.3 Å². The van der Waals surface area contributed by atoms with Crippen LogP contribution in [0, 0.1) is 6.92 Å². The summed E-state index contributed by atoms with van der Waals surface area (Å²) in [5, 5.41) is 0. The van der Waals surface area contributed by atoms with Crippen LogP contribution in [0.2, 0.25) is 0 Å². The smallest absolute Gasteiger partial charge is 0.151 e. The third kappa shape index (κ3) is 4.96. The molecule has 1 aliphatic heterocycles. The molecule has 0 unspecified atom stereocenters. The van der Waals surface area contributed by atoms with Crippen molar-refractivity contribution in [1.82, 2.24) is 18.8 Å². The quantitative estimate of drug-likeness (QED) is 0.514. The first-order valence-electron chi connectivity index (χ1n) is 10.1. The zero-order chi connectivity index (χ0) is 20.1. The Morgan fingerprint density at radius 2 is 2.04 bits per heavy atom. The van der Waals surface area contributed by atoms with Gasteiger partial charge in [0.15, 0.2) is 5.82 Å². The first kappa shape index (κ1) is 21.3. The van der Waals surface area contributed by atoms with Crippen LogP contribution in [0.1, 0.15) is 44.1 Å². The Morgan fingerprint density at radius 1 is 1.21 bits per heavy atom. The number of fused-ring (bicyclic) bond motifs is 1. The maximum atomic E-state index is 9.93. The first-order chi connectivity index (χ1) is 13.4. The number of hydrogen-bond donors (Lipinski definition) is 3. The normalized spacial score (nSPS) is 18.1. The van der Waals surface area contributed by atoms with E-state index in [4.69, 9.17) is 15.5 Å². The fraction of sp³-hybridized carbons (Fsp3) is 0.684. The molecule has 1 saturated heterocycles. The van der Waals surface area contributed by atoms with E-state index in [2.05, 4.69) is 16.5 Å². The minimum Gasteiger partial charge on any atom is -0.382 e. The van der Waals surface area contributed by atoms with Gasteiger partial charge < -0.3 is 15.0 Å². The van der Waals surface area contributed by atoms with E-state index in [0.29, 0.717) is 31.3 Å². The van der Waals surface area contributed by atoms with Crippen molar-refractivity contribution in [2.75, 3.05) is 37.8 Å². The second kappa shape index (κ2) is 9.41. The molecule has 0 saturated carbocycles. The van der Waals surface area contributed by atoms with Crippen LogP contribution in [0.4, 0.5) is 5.82 Å². The molecule has 28 heavy (non-hydrogen) atoms. The largest absolute Gasteiger partial charge is 0.382 e. The molecule has 0 spiro atoms. The Balaban J connectivity index is 1.55.